The third-order valence-corrected chi connectivity index (χ3v) is 5.21. The van der Waals surface area contributed by atoms with E-state index >= 15 is 0 Å². The molecule has 0 aliphatic carbocycles. The summed E-state index contributed by atoms with van der Waals surface area (Å²) in [5, 5.41) is 24.6. The largest absolute Gasteiger partial charge is 0.493 e. The Kier molecular flexibility index (Phi) is 11.8. The molecule has 1 atom stereocenters. The molecule has 3 aromatic rings. The van der Waals surface area contributed by atoms with Crippen molar-refractivity contribution in [1.82, 2.24) is 25.9 Å². The maximum atomic E-state index is 13.3. The van der Waals surface area contributed by atoms with Crippen molar-refractivity contribution in [3.05, 3.63) is 53.3 Å². The van der Waals surface area contributed by atoms with Gasteiger partial charge in [-0.2, -0.15) is 5.21 Å². The summed E-state index contributed by atoms with van der Waals surface area (Å²) in [6.07, 6.45) is 0.375. The van der Waals surface area contributed by atoms with Crippen molar-refractivity contribution in [1.29, 1.82) is 0 Å². The van der Waals surface area contributed by atoms with Crippen molar-refractivity contribution in [2.24, 2.45) is 22.4 Å². The number of nitrogens with two attached hydrogens (primary N) is 2. The topological polar surface area (TPSA) is 204 Å². The molecular weight excluding hydrogens is 511 g/mol. The maximum absolute atomic E-state index is 13.3. The zero-order valence-corrected chi connectivity index (χ0v) is 22.1. The molecule has 13 nitrogen and oxygen atoms in total. The lowest BCUT2D eigenvalue weighted by Gasteiger charge is -2.12. The number of halogens is 1. The summed E-state index contributed by atoms with van der Waals surface area (Å²) in [7, 11) is 3.03. The van der Waals surface area contributed by atoms with Crippen LogP contribution in [0.4, 0.5) is 4.39 Å². The van der Waals surface area contributed by atoms with Crippen LogP contribution in [0.2, 0.25) is 0 Å². The lowest BCUT2D eigenvalue weighted by molar-refractivity contribution is -0.138. The van der Waals surface area contributed by atoms with Gasteiger partial charge in [-0.3, -0.25) is 10.1 Å². The Balaban J connectivity index is 0.000000318. The number of hydrogen-bond acceptors (Lipinski definition) is 9. The molecule has 0 saturated heterocycles. The number of aromatic nitrogens is 4. The average Bonchev–Trinajstić information content (AvgIpc) is 3.43. The number of carboxylic acids is 1. The second-order valence-corrected chi connectivity index (χ2v) is 8.67. The zero-order chi connectivity index (χ0) is 28.9. The third kappa shape index (κ3) is 9.66. The van der Waals surface area contributed by atoms with Gasteiger partial charge in [-0.05, 0) is 52.9 Å². The number of aromatic amines is 1. The SMILES string of the molecule is COc1ccc(CC(=O)NC(N)=N[C@H](CC(C)C)C(=O)O)cc1OC.NCc1ccc(F)c(-c2nn[nH]n2)c1. The highest BCUT2D eigenvalue weighted by Gasteiger charge is 2.19. The van der Waals surface area contributed by atoms with Crippen molar-refractivity contribution in [3.8, 4) is 22.9 Å². The molecule has 0 aliphatic heterocycles. The second kappa shape index (κ2) is 15.0. The standard InChI is InChI=1S/C17H25N3O5.C8H8FN5/c1-10(2)7-12(16(22)23)19-17(18)20-15(21)9-11-5-6-13(24-3)14(8-11)25-4;9-7-2-1-5(4-10)3-6(7)8-11-13-14-12-8/h5-6,8,10,12H,7,9H2,1-4H3,(H,22,23)(H3,18,19,20,21);1-3H,4,10H2,(H,11,12,13,14)/t12-;/m1./s1. The monoisotopic (exact) mass is 544 g/mol. The molecule has 0 aliphatic rings. The van der Waals surface area contributed by atoms with Crippen LogP contribution in [-0.4, -0.2) is 63.8 Å². The maximum Gasteiger partial charge on any atom is 0.328 e. The molecule has 0 spiro atoms. The fourth-order valence-electron chi connectivity index (χ4n) is 3.37. The number of aliphatic carboxylic acids is 1. The molecule has 0 fully saturated rings. The Morgan fingerprint density at radius 3 is 2.38 bits per heavy atom. The number of rotatable bonds is 10. The number of amides is 1. The van der Waals surface area contributed by atoms with Gasteiger partial charge in [0.2, 0.25) is 11.7 Å². The van der Waals surface area contributed by atoms with Gasteiger partial charge in [0.1, 0.15) is 5.82 Å². The molecule has 1 aromatic heterocycles. The Morgan fingerprint density at radius 1 is 1.13 bits per heavy atom. The van der Waals surface area contributed by atoms with Crippen molar-refractivity contribution in [2.45, 2.75) is 39.3 Å². The summed E-state index contributed by atoms with van der Waals surface area (Å²) in [5.41, 5.74) is 12.9. The number of carbonyl (C=O) groups excluding carboxylic acids is 1. The molecule has 0 radical (unpaired) electrons. The van der Waals surface area contributed by atoms with E-state index in [4.69, 9.17) is 26.0 Å². The van der Waals surface area contributed by atoms with Gasteiger partial charge >= 0.3 is 5.97 Å². The molecule has 2 aromatic carbocycles. The van der Waals surface area contributed by atoms with Crippen LogP contribution in [0.25, 0.3) is 11.4 Å². The summed E-state index contributed by atoms with van der Waals surface area (Å²) in [4.78, 5) is 27.1. The number of nitrogens with zero attached hydrogens (tertiary/aromatic N) is 4. The predicted octanol–water partition coefficient (Wildman–Crippen LogP) is 1.64. The van der Waals surface area contributed by atoms with Crippen LogP contribution in [0.15, 0.2) is 41.4 Å². The first kappa shape index (κ1) is 30.6. The van der Waals surface area contributed by atoms with Gasteiger partial charge in [-0.25, -0.2) is 14.2 Å². The van der Waals surface area contributed by atoms with Gasteiger partial charge in [-0.1, -0.05) is 26.0 Å². The number of carboxylic acid groups (broad SMARTS) is 1. The van der Waals surface area contributed by atoms with Gasteiger partial charge in [0.05, 0.1) is 26.2 Å². The molecule has 39 heavy (non-hydrogen) atoms. The summed E-state index contributed by atoms with van der Waals surface area (Å²) in [6, 6.07) is 8.70. The molecule has 0 unspecified atom stereocenters. The molecule has 0 saturated carbocycles. The highest BCUT2D eigenvalue weighted by Crippen LogP contribution is 2.27. The first-order valence-electron chi connectivity index (χ1n) is 11.9. The molecule has 210 valence electrons. The number of carbonyl (C=O) groups is 2. The van der Waals surface area contributed by atoms with Crippen molar-refractivity contribution in [2.75, 3.05) is 14.2 Å². The summed E-state index contributed by atoms with van der Waals surface area (Å²) in [5.74, 6) is -0.629. The number of methoxy groups -OCH3 is 2. The van der Waals surface area contributed by atoms with E-state index in [0.29, 0.717) is 35.6 Å². The number of tetrazole rings is 1. The lowest BCUT2D eigenvalue weighted by Crippen LogP contribution is -2.39. The van der Waals surface area contributed by atoms with E-state index in [2.05, 4.69) is 30.9 Å². The van der Waals surface area contributed by atoms with Gasteiger partial charge in [0.25, 0.3) is 0 Å². The number of hydrogen-bond donors (Lipinski definition) is 5. The zero-order valence-electron chi connectivity index (χ0n) is 22.1. The number of nitrogens with one attached hydrogen (secondary N) is 2. The molecule has 1 amide bonds. The van der Waals surface area contributed by atoms with Crippen molar-refractivity contribution >= 4 is 17.8 Å². The van der Waals surface area contributed by atoms with Crippen LogP contribution >= 0.6 is 0 Å². The second-order valence-electron chi connectivity index (χ2n) is 8.67. The minimum atomic E-state index is -1.08. The first-order chi connectivity index (χ1) is 18.6. The van der Waals surface area contributed by atoms with Gasteiger partial charge in [0, 0.05) is 6.54 Å². The average molecular weight is 545 g/mol. The number of aliphatic imine (C=N–C) groups is 1. The van der Waals surface area contributed by atoms with E-state index in [1.807, 2.05) is 13.8 Å². The summed E-state index contributed by atoms with van der Waals surface area (Å²) >= 11 is 0. The van der Waals surface area contributed by atoms with Crippen LogP contribution in [0.1, 0.15) is 31.4 Å². The lowest BCUT2D eigenvalue weighted by atomic mass is 10.0. The first-order valence-corrected chi connectivity index (χ1v) is 11.9. The quantitative estimate of drug-likeness (QED) is 0.184. The minimum absolute atomic E-state index is 0.0402. The number of benzene rings is 2. The van der Waals surface area contributed by atoms with E-state index in [1.165, 1.54) is 20.3 Å². The fraction of sp³-hybridized carbons (Fsp3) is 0.360. The molecular formula is C25H33FN8O5. The normalized spacial score (nSPS) is 11.8. The molecule has 7 N–H and O–H groups in total. The Labute approximate surface area is 224 Å². The van der Waals surface area contributed by atoms with E-state index in [0.717, 1.165) is 5.56 Å². The van der Waals surface area contributed by atoms with Crippen LogP contribution in [0, 0.1) is 11.7 Å². The Hall–Kier alpha value is -4.59. The van der Waals surface area contributed by atoms with Crippen LogP contribution in [0.5, 0.6) is 11.5 Å². The van der Waals surface area contributed by atoms with Crippen molar-refractivity contribution < 1.29 is 28.6 Å². The van der Waals surface area contributed by atoms with E-state index < -0.39 is 17.9 Å². The van der Waals surface area contributed by atoms with E-state index in [-0.39, 0.29) is 29.9 Å². The van der Waals surface area contributed by atoms with Gasteiger partial charge in [0.15, 0.2) is 23.5 Å². The van der Waals surface area contributed by atoms with Crippen LogP contribution in [-0.2, 0) is 22.6 Å². The van der Waals surface area contributed by atoms with E-state index in [9.17, 15) is 14.0 Å². The smallest absolute Gasteiger partial charge is 0.328 e. The Bertz CT molecular complexity index is 1270. The highest BCUT2D eigenvalue weighted by atomic mass is 19.1. The molecule has 14 heteroatoms. The van der Waals surface area contributed by atoms with Crippen molar-refractivity contribution in [3.63, 3.8) is 0 Å². The predicted molar refractivity (Wildman–Crippen MR) is 141 cm³/mol. The van der Waals surface area contributed by atoms with Crippen LogP contribution in [0.3, 0.4) is 0 Å². The van der Waals surface area contributed by atoms with Crippen LogP contribution < -0.4 is 26.3 Å². The fourth-order valence-corrected chi connectivity index (χ4v) is 3.37. The third-order valence-electron chi connectivity index (χ3n) is 5.21. The number of guanidine groups is 1. The Morgan fingerprint density at radius 2 is 1.82 bits per heavy atom. The summed E-state index contributed by atoms with van der Waals surface area (Å²) < 4.78 is 23.6. The number of ether oxygens (including phenoxy) is 2. The molecule has 0 bridgehead atoms. The minimum Gasteiger partial charge on any atom is -0.493 e. The van der Waals surface area contributed by atoms with Gasteiger partial charge < -0.3 is 26.0 Å². The highest BCUT2D eigenvalue weighted by molar-refractivity contribution is 5.97. The van der Waals surface area contributed by atoms with Gasteiger partial charge in [-0.15, -0.1) is 10.2 Å². The van der Waals surface area contributed by atoms with E-state index in [1.54, 1.807) is 30.3 Å². The number of H-pyrrole nitrogens is 1. The molecule has 1 heterocycles. The summed E-state index contributed by atoms with van der Waals surface area (Å²) in [6.45, 7) is 4.12. The molecule has 3 rings (SSSR count).